The van der Waals surface area contributed by atoms with E-state index in [1.165, 1.54) is 0 Å². The third kappa shape index (κ3) is 3.45. The quantitative estimate of drug-likeness (QED) is 0.423. The van der Waals surface area contributed by atoms with Gasteiger partial charge in [0.1, 0.15) is 6.10 Å². The molecular weight excluding hydrogens is 100 g/mol. The van der Waals surface area contributed by atoms with Gasteiger partial charge >= 0.3 is 0 Å². The predicted octanol–water partition coefficient (Wildman–Crippen LogP) is 0.947. The van der Waals surface area contributed by atoms with Crippen LogP contribution in [-0.2, 0) is 0 Å². The molecule has 0 aliphatic rings. The van der Waals surface area contributed by atoms with Crippen LogP contribution in [0.4, 0.5) is 0 Å². The fourth-order valence-electron chi connectivity index (χ4n) is 0.359. The van der Waals surface area contributed by atoms with Crippen LogP contribution in [-0.4, -0.2) is 11.2 Å². The first-order chi connectivity index (χ1) is 3.81. The zero-order valence-electron chi connectivity index (χ0n) is 4.80. The molecule has 0 aromatic carbocycles. The van der Waals surface area contributed by atoms with E-state index in [2.05, 4.69) is 12.5 Å². The molecule has 0 aliphatic carbocycles. The Balaban J connectivity index is 3.14. The molecule has 0 heterocycles. The summed E-state index contributed by atoms with van der Waals surface area (Å²) < 4.78 is 0. The fourth-order valence-corrected chi connectivity index (χ4v) is 0.359. The summed E-state index contributed by atoms with van der Waals surface area (Å²) in [6.07, 6.45) is 7.43. The van der Waals surface area contributed by atoms with Crippen molar-refractivity contribution in [3.8, 4) is 12.3 Å². The monoisotopic (exact) mass is 110 g/mol. The average molecular weight is 110 g/mol. The van der Waals surface area contributed by atoms with Crippen molar-refractivity contribution in [2.45, 2.75) is 18.9 Å². The lowest BCUT2D eigenvalue weighted by Gasteiger charge is -1.96. The molecule has 0 fully saturated rings. The van der Waals surface area contributed by atoms with Crippen molar-refractivity contribution in [2.24, 2.45) is 0 Å². The summed E-state index contributed by atoms with van der Waals surface area (Å²) in [7, 11) is 0. The highest BCUT2D eigenvalue weighted by atomic mass is 16.3. The number of hydrogen-bond acceptors (Lipinski definition) is 1. The number of rotatable bonds is 3. The van der Waals surface area contributed by atoms with Gasteiger partial charge < -0.3 is 5.11 Å². The number of aliphatic hydroxyl groups is 1. The van der Waals surface area contributed by atoms with Crippen molar-refractivity contribution >= 4 is 0 Å². The highest BCUT2D eigenvalue weighted by molar-refractivity contribution is 4.93. The van der Waals surface area contributed by atoms with Crippen LogP contribution in [0.3, 0.4) is 0 Å². The van der Waals surface area contributed by atoms with Gasteiger partial charge in [-0.3, -0.25) is 0 Å². The first kappa shape index (κ1) is 7.26. The molecule has 0 aromatic heterocycles. The van der Waals surface area contributed by atoms with E-state index in [4.69, 9.17) is 11.5 Å². The van der Waals surface area contributed by atoms with Gasteiger partial charge in [-0.25, -0.2) is 0 Å². The first-order valence-corrected chi connectivity index (χ1v) is 2.56. The summed E-state index contributed by atoms with van der Waals surface area (Å²) in [5.74, 6) is 2.21. The normalized spacial score (nSPS) is 12.0. The molecule has 8 heavy (non-hydrogen) atoms. The van der Waals surface area contributed by atoms with E-state index in [9.17, 15) is 0 Å². The zero-order chi connectivity index (χ0) is 6.41. The molecule has 0 aliphatic heterocycles. The smallest absolute Gasteiger partial charge is 0.114 e. The first-order valence-electron chi connectivity index (χ1n) is 2.56. The van der Waals surface area contributed by atoms with E-state index in [0.29, 0.717) is 6.42 Å². The Labute approximate surface area is 50.0 Å². The average Bonchev–Trinajstić information content (AvgIpc) is 1.83. The molecule has 0 saturated heterocycles. The Morgan fingerprint density at radius 1 is 1.88 bits per heavy atom. The van der Waals surface area contributed by atoms with Gasteiger partial charge in [-0.05, 0) is 12.8 Å². The van der Waals surface area contributed by atoms with Crippen LogP contribution in [0.25, 0.3) is 0 Å². The van der Waals surface area contributed by atoms with Gasteiger partial charge in [0, 0.05) is 0 Å². The SMILES string of the molecule is C#C[C@@H](O)CCC=C. The van der Waals surface area contributed by atoms with E-state index < -0.39 is 6.10 Å². The van der Waals surface area contributed by atoms with Crippen LogP contribution in [0.15, 0.2) is 12.7 Å². The van der Waals surface area contributed by atoms with Gasteiger partial charge in [0.05, 0.1) is 0 Å². The lowest BCUT2D eigenvalue weighted by molar-refractivity contribution is 0.223. The Morgan fingerprint density at radius 2 is 2.50 bits per heavy atom. The summed E-state index contributed by atoms with van der Waals surface area (Å²) in [5.41, 5.74) is 0. The molecule has 1 N–H and O–H groups in total. The minimum Gasteiger partial charge on any atom is -0.380 e. The highest BCUT2D eigenvalue weighted by Crippen LogP contribution is 1.94. The van der Waals surface area contributed by atoms with Crippen LogP contribution < -0.4 is 0 Å². The van der Waals surface area contributed by atoms with E-state index in [1.807, 2.05) is 0 Å². The lowest BCUT2D eigenvalue weighted by atomic mass is 10.2. The topological polar surface area (TPSA) is 20.2 Å². The molecular formula is C7H10O. The number of allylic oxidation sites excluding steroid dienone is 1. The number of terminal acetylenes is 1. The summed E-state index contributed by atoms with van der Waals surface area (Å²) in [6, 6.07) is 0. The van der Waals surface area contributed by atoms with Crippen molar-refractivity contribution in [2.75, 3.05) is 0 Å². The van der Waals surface area contributed by atoms with Crippen LogP contribution in [0.1, 0.15) is 12.8 Å². The molecule has 0 saturated carbocycles. The van der Waals surface area contributed by atoms with Crippen molar-refractivity contribution in [3.05, 3.63) is 12.7 Å². The molecule has 0 rings (SSSR count). The fraction of sp³-hybridized carbons (Fsp3) is 0.429. The second-order valence-electron chi connectivity index (χ2n) is 1.55. The molecule has 1 atom stereocenters. The van der Waals surface area contributed by atoms with Crippen LogP contribution in [0.2, 0.25) is 0 Å². The summed E-state index contributed by atoms with van der Waals surface area (Å²) >= 11 is 0. The van der Waals surface area contributed by atoms with Crippen LogP contribution in [0.5, 0.6) is 0 Å². The van der Waals surface area contributed by atoms with Crippen molar-refractivity contribution in [3.63, 3.8) is 0 Å². The predicted molar refractivity (Wildman–Crippen MR) is 34.3 cm³/mol. The van der Waals surface area contributed by atoms with Crippen molar-refractivity contribution < 1.29 is 5.11 Å². The maximum absolute atomic E-state index is 8.71. The Kier molecular flexibility index (Phi) is 4.01. The Hall–Kier alpha value is -0.740. The third-order valence-electron chi connectivity index (χ3n) is 0.837. The second-order valence-corrected chi connectivity index (χ2v) is 1.55. The Morgan fingerprint density at radius 3 is 2.88 bits per heavy atom. The summed E-state index contributed by atoms with van der Waals surface area (Å²) in [5, 5.41) is 8.71. The number of aliphatic hydroxyl groups excluding tert-OH is 1. The van der Waals surface area contributed by atoms with E-state index in [0.717, 1.165) is 6.42 Å². The maximum atomic E-state index is 8.71. The lowest BCUT2D eigenvalue weighted by Crippen LogP contribution is -1.99. The van der Waals surface area contributed by atoms with Gasteiger partial charge in [0.2, 0.25) is 0 Å². The maximum Gasteiger partial charge on any atom is 0.114 e. The van der Waals surface area contributed by atoms with Crippen molar-refractivity contribution in [1.29, 1.82) is 0 Å². The molecule has 0 spiro atoms. The molecule has 1 heteroatoms. The van der Waals surface area contributed by atoms with Gasteiger partial charge in [-0.15, -0.1) is 13.0 Å². The molecule has 1 nitrogen and oxygen atoms in total. The van der Waals surface area contributed by atoms with Gasteiger partial charge in [-0.2, -0.15) is 0 Å². The molecule has 0 aromatic rings. The number of hydrogen-bond donors (Lipinski definition) is 1. The molecule has 0 amide bonds. The minimum absolute atomic E-state index is 0.590. The van der Waals surface area contributed by atoms with E-state index in [-0.39, 0.29) is 0 Å². The van der Waals surface area contributed by atoms with Crippen molar-refractivity contribution in [1.82, 2.24) is 0 Å². The highest BCUT2D eigenvalue weighted by Gasteiger charge is 1.92. The molecule has 0 bridgehead atoms. The largest absolute Gasteiger partial charge is 0.380 e. The molecule has 0 radical (unpaired) electrons. The minimum atomic E-state index is -0.590. The van der Waals surface area contributed by atoms with E-state index >= 15 is 0 Å². The second kappa shape index (κ2) is 4.42. The van der Waals surface area contributed by atoms with Crippen LogP contribution in [0, 0.1) is 12.3 Å². The zero-order valence-corrected chi connectivity index (χ0v) is 4.80. The standard InChI is InChI=1S/C7H10O/c1-3-5-6-7(8)4-2/h2-3,7-8H,1,5-6H2/t7-/m1/s1. The molecule has 44 valence electrons. The third-order valence-corrected chi connectivity index (χ3v) is 0.837. The summed E-state index contributed by atoms with van der Waals surface area (Å²) in [6.45, 7) is 3.49. The van der Waals surface area contributed by atoms with Gasteiger partial charge in [-0.1, -0.05) is 12.0 Å². The van der Waals surface area contributed by atoms with Crippen LogP contribution >= 0.6 is 0 Å². The van der Waals surface area contributed by atoms with Gasteiger partial charge in [0.25, 0.3) is 0 Å². The Bertz CT molecular complexity index is 99.4. The molecule has 0 unspecified atom stereocenters. The summed E-state index contributed by atoms with van der Waals surface area (Å²) in [4.78, 5) is 0. The van der Waals surface area contributed by atoms with Gasteiger partial charge in [0.15, 0.2) is 0 Å². The van der Waals surface area contributed by atoms with E-state index in [1.54, 1.807) is 6.08 Å².